The van der Waals surface area contributed by atoms with Crippen molar-refractivity contribution in [2.24, 2.45) is 0 Å². The van der Waals surface area contributed by atoms with E-state index in [4.69, 9.17) is 11.6 Å². The van der Waals surface area contributed by atoms with Crippen LogP contribution in [-0.2, 0) is 6.42 Å². The van der Waals surface area contributed by atoms with Gasteiger partial charge in [-0.1, -0.05) is 0 Å². The lowest BCUT2D eigenvalue weighted by Crippen LogP contribution is -2.32. The second-order valence-electron chi connectivity index (χ2n) is 3.26. The molecule has 0 radical (unpaired) electrons. The van der Waals surface area contributed by atoms with E-state index < -0.39 is 6.43 Å². The highest BCUT2D eigenvalue weighted by atomic mass is 35.5. The Hall–Kier alpha value is -0.190. The summed E-state index contributed by atoms with van der Waals surface area (Å²) < 4.78 is 24.4. The van der Waals surface area contributed by atoms with E-state index in [0.29, 0.717) is 19.0 Å². The second-order valence-corrected chi connectivity index (χ2v) is 4.42. The summed E-state index contributed by atoms with van der Waals surface area (Å²) in [7, 11) is 0. The number of alkyl halides is 3. The maximum atomic E-state index is 12.2. The highest BCUT2D eigenvalue weighted by Gasteiger charge is 2.11. The van der Waals surface area contributed by atoms with Gasteiger partial charge in [-0.15, -0.1) is 11.6 Å². The van der Waals surface area contributed by atoms with Crippen LogP contribution in [0.2, 0.25) is 0 Å². The minimum absolute atomic E-state index is 0.184. The van der Waals surface area contributed by atoms with Crippen LogP contribution >= 0.6 is 22.9 Å². The van der Waals surface area contributed by atoms with Crippen LogP contribution in [0.3, 0.4) is 0 Å². The summed E-state index contributed by atoms with van der Waals surface area (Å²) in [6.45, 7) is 0.987. The number of hydrogen-bond donors (Lipinski definition) is 0. The van der Waals surface area contributed by atoms with Crippen LogP contribution < -0.4 is 0 Å². The van der Waals surface area contributed by atoms with Gasteiger partial charge >= 0.3 is 0 Å². The summed E-state index contributed by atoms with van der Waals surface area (Å²) in [5.41, 5.74) is 1.20. The lowest BCUT2D eigenvalue weighted by molar-refractivity contribution is 0.0917. The Balaban J connectivity index is 2.30. The van der Waals surface area contributed by atoms with Crippen molar-refractivity contribution in [3.05, 3.63) is 22.4 Å². The summed E-state index contributed by atoms with van der Waals surface area (Å²) in [6.07, 6.45) is -1.47. The Kier molecular flexibility index (Phi) is 6.13. The standard InChI is InChI=1S/C10H14ClF2NS/c11-3-5-14(7-10(12)13)4-1-9-2-6-15-8-9/h2,6,8,10H,1,3-5,7H2. The van der Waals surface area contributed by atoms with Crippen molar-refractivity contribution in [1.82, 2.24) is 4.90 Å². The average Bonchev–Trinajstić information content (AvgIpc) is 2.66. The van der Waals surface area contributed by atoms with Gasteiger partial charge in [-0.3, -0.25) is 4.90 Å². The lowest BCUT2D eigenvalue weighted by Gasteiger charge is -2.20. The Morgan fingerprint density at radius 2 is 2.20 bits per heavy atom. The van der Waals surface area contributed by atoms with E-state index in [0.717, 1.165) is 6.42 Å². The molecule has 1 aromatic rings. The third kappa shape index (κ3) is 5.44. The van der Waals surface area contributed by atoms with Gasteiger partial charge in [0.1, 0.15) is 0 Å². The molecule has 0 amide bonds. The Morgan fingerprint density at radius 1 is 1.40 bits per heavy atom. The van der Waals surface area contributed by atoms with Crippen molar-refractivity contribution in [2.45, 2.75) is 12.8 Å². The van der Waals surface area contributed by atoms with Gasteiger partial charge < -0.3 is 0 Å². The summed E-state index contributed by atoms with van der Waals surface area (Å²) in [5.74, 6) is 0.399. The summed E-state index contributed by atoms with van der Waals surface area (Å²) in [4.78, 5) is 1.70. The van der Waals surface area contributed by atoms with E-state index in [1.165, 1.54) is 5.56 Å². The molecule has 1 rings (SSSR count). The molecule has 0 aliphatic carbocycles. The Morgan fingerprint density at radius 3 is 2.73 bits per heavy atom. The van der Waals surface area contributed by atoms with Crippen LogP contribution in [0.15, 0.2) is 16.8 Å². The summed E-state index contributed by atoms with van der Waals surface area (Å²) in [5, 5.41) is 4.04. The molecule has 0 saturated heterocycles. The molecule has 1 aromatic heterocycles. The SMILES string of the molecule is FC(F)CN(CCCl)CCc1ccsc1. The van der Waals surface area contributed by atoms with Gasteiger partial charge in [0.2, 0.25) is 0 Å². The van der Waals surface area contributed by atoms with Crippen LogP contribution in [0, 0.1) is 0 Å². The molecule has 0 unspecified atom stereocenters. The summed E-state index contributed by atoms with van der Waals surface area (Å²) in [6, 6.07) is 2.02. The maximum absolute atomic E-state index is 12.2. The van der Waals surface area contributed by atoms with E-state index >= 15 is 0 Å². The van der Waals surface area contributed by atoms with Crippen LogP contribution in [0.1, 0.15) is 5.56 Å². The van der Waals surface area contributed by atoms with Crippen LogP contribution in [-0.4, -0.2) is 36.8 Å². The number of thiophene rings is 1. The molecule has 1 nitrogen and oxygen atoms in total. The monoisotopic (exact) mass is 253 g/mol. The first-order chi connectivity index (χ1) is 7.22. The van der Waals surface area contributed by atoms with Gasteiger partial charge in [0.05, 0.1) is 6.54 Å². The predicted octanol–water partition coefficient (Wildman–Crippen LogP) is 3.10. The van der Waals surface area contributed by atoms with Crippen molar-refractivity contribution in [2.75, 3.05) is 25.5 Å². The Bertz CT molecular complexity index is 254. The van der Waals surface area contributed by atoms with Crippen molar-refractivity contribution < 1.29 is 8.78 Å². The first-order valence-corrected chi connectivity index (χ1v) is 6.27. The van der Waals surface area contributed by atoms with Crippen LogP contribution in [0.5, 0.6) is 0 Å². The molecule has 86 valence electrons. The molecule has 0 spiro atoms. The normalized spacial score (nSPS) is 11.5. The lowest BCUT2D eigenvalue weighted by atomic mass is 10.2. The molecule has 0 aliphatic heterocycles. The molecular weight excluding hydrogens is 240 g/mol. The second kappa shape index (κ2) is 7.14. The van der Waals surface area contributed by atoms with Gasteiger partial charge in [0, 0.05) is 19.0 Å². The Labute approximate surface area is 97.7 Å². The predicted molar refractivity (Wildman–Crippen MR) is 61.2 cm³/mol. The fourth-order valence-corrected chi connectivity index (χ4v) is 2.27. The van der Waals surface area contributed by atoms with Crippen LogP contribution in [0.4, 0.5) is 8.78 Å². The molecule has 5 heteroatoms. The zero-order valence-electron chi connectivity index (χ0n) is 8.33. The van der Waals surface area contributed by atoms with Gasteiger partial charge in [-0.05, 0) is 28.8 Å². The molecule has 0 N–H and O–H groups in total. The third-order valence-corrected chi connectivity index (χ3v) is 2.99. The van der Waals surface area contributed by atoms with E-state index in [9.17, 15) is 8.78 Å². The molecule has 15 heavy (non-hydrogen) atoms. The molecule has 0 bridgehead atoms. The molecule has 0 atom stereocenters. The largest absolute Gasteiger partial charge is 0.296 e. The zero-order chi connectivity index (χ0) is 11.1. The average molecular weight is 254 g/mol. The molecule has 0 aromatic carbocycles. The maximum Gasteiger partial charge on any atom is 0.251 e. The minimum Gasteiger partial charge on any atom is -0.296 e. The molecule has 0 saturated carbocycles. The first-order valence-electron chi connectivity index (χ1n) is 4.80. The smallest absolute Gasteiger partial charge is 0.251 e. The van der Waals surface area contributed by atoms with E-state index in [-0.39, 0.29) is 6.54 Å². The zero-order valence-corrected chi connectivity index (χ0v) is 9.91. The molecule has 0 fully saturated rings. The van der Waals surface area contributed by atoms with E-state index in [1.54, 1.807) is 16.2 Å². The molecule has 1 heterocycles. The third-order valence-electron chi connectivity index (χ3n) is 2.09. The molecular formula is C10H14ClF2NS. The van der Waals surface area contributed by atoms with E-state index in [1.807, 2.05) is 16.8 Å². The fourth-order valence-electron chi connectivity index (χ4n) is 1.33. The van der Waals surface area contributed by atoms with Crippen molar-refractivity contribution in [3.8, 4) is 0 Å². The number of rotatable bonds is 7. The van der Waals surface area contributed by atoms with Gasteiger partial charge in [0.15, 0.2) is 0 Å². The number of hydrogen-bond acceptors (Lipinski definition) is 2. The first kappa shape index (κ1) is 12.9. The van der Waals surface area contributed by atoms with Gasteiger partial charge in [-0.25, -0.2) is 8.78 Å². The van der Waals surface area contributed by atoms with Crippen molar-refractivity contribution in [3.63, 3.8) is 0 Å². The number of halogens is 3. The quantitative estimate of drug-likeness (QED) is 0.675. The van der Waals surface area contributed by atoms with Crippen molar-refractivity contribution >= 4 is 22.9 Å². The van der Waals surface area contributed by atoms with E-state index in [2.05, 4.69) is 0 Å². The highest BCUT2D eigenvalue weighted by Crippen LogP contribution is 2.08. The van der Waals surface area contributed by atoms with Gasteiger partial charge in [0.25, 0.3) is 6.43 Å². The molecule has 0 aliphatic rings. The summed E-state index contributed by atoms with van der Waals surface area (Å²) >= 11 is 7.18. The topological polar surface area (TPSA) is 3.24 Å². The highest BCUT2D eigenvalue weighted by molar-refractivity contribution is 7.07. The van der Waals surface area contributed by atoms with Crippen molar-refractivity contribution in [1.29, 1.82) is 0 Å². The van der Waals surface area contributed by atoms with Crippen LogP contribution in [0.25, 0.3) is 0 Å². The fraction of sp³-hybridized carbons (Fsp3) is 0.600. The number of nitrogens with zero attached hydrogens (tertiary/aromatic N) is 1. The minimum atomic E-state index is -2.28. The van der Waals surface area contributed by atoms with Gasteiger partial charge in [-0.2, -0.15) is 11.3 Å².